The Balaban J connectivity index is 1.67. The van der Waals surface area contributed by atoms with Gasteiger partial charge in [0.25, 0.3) is 0 Å². The average Bonchev–Trinajstić information content (AvgIpc) is 3.65. The quantitative estimate of drug-likeness (QED) is 0.298. The number of amides is 1. The first kappa shape index (κ1) is 26.2. The molecule has 0 aromatic carbocycles. The van der Waals surface area contributed by atoms with Crippen molar-refractivity contribution in [1.29, 1.82) is 0 Å². The highest BCUT2D eigenvalue weighted by molar-refractivity contribution is 7.13. The number of rotatable bonds is 9. The molecular weight excluding hydrogens is 502 g/mol. The molecule has 0 spiro atoms. The van der Waals surface area contributed by atoms with Gasteiger partial charge in [-0.2, -0.15) is 5.10 Å². The lowest BCUT2D eigenvalue weighted by molar-refractivity contribution is 0.0572. The van der Waals surface area contributed by atoms with E-state index in [9.17, 15) is 15.0 Å². The molecule has 1 aliphatic rings. The Morgan fingerprint density at radius 1 is 1.18 bits per heavy atom. The third-order valence-corrected chi connectivity index (χ3v) is 8.17. The second-order valence-electron chi connectivity index (χ2n) is 9.65. The first-order valence-electron chi connectivity index (χ1n) is 12.9. The molecule has 38 heavy (non-hydrogen) atoms. The lowest BCUT2D eigenvalue weighted by Crippen LogP contribution is -2.36. The van der Waals surface area contributed by atoms with Gasteiger partial charge in [-0.15, -0.1) is 11.3 Å². The molecule has 5 rings (SSSR count). The van der Waals surface area contributed by atoms with E-state index in [1.165, 1.54) is 0 Å². The number of pyridine rings is 1. The van der Waals surface area contributed by atoms with E-state index < -0.39 is 18.1 Å². The standard InChI is InChI=1S/C27H33N7O3S/c1-4-32(5-2)16(3)11-18-17(25(28)37)12-21(31-26(18)33-14-22(35)23(36)15-33)19-13-29-34-9-8-20(30-27(19)34)24-7-6-10-38-24/h6-10,12-13,16,22-23,35-36H,4-5,11,14-15H2,1-3H3,(H2,28,37)/t16-,22-,23-/m0/s1. The average molecular weight is 536 g/mol. The number of fused-ring (bicyclic) bond motifs is 1. The van der Waals surface area contributed by atoms with Crippen molar-refractivity contribution in [2.75, 3.05) is 31.1 Å². The first-order valence-corrected chi connectivity index (χ1v) is 13.8. The minimum Gasteiger partial charge on any atom is -0.389 e. The predicted octanol–water partition coefficient (Wildman–Crippen LogP) is 2.43. The molecule has 10 nitrogen and oxygen atoms in total. The number of carbonyl (C=O) groups excluding carboxylic acids is 1. The molecule has 0 unspecified atom stereocenters. The van der Waals surface area contributed by atoms with Crippen molar-refractivity contribution < 1.29 is 15.0 Å². The second-order valence-corrected chi connectivity index (χ2v) is 10.6. The summed E-state index contributed by atoms with van der Waals surface area (Å²) in [6.07, 6.45) is 2.27. The number of β-amino-alcohol motifs (C(OH)–C–C–N with tert-alkyl or cyclic N) is 2. The van der Waals surface area contributed by atoms with Gasteiger partial charge >= 0.3 is 0 Å². The van der Waals surface area contributed by atoms with E-state index in [0.717, 1.165) is 23.7 Å². The number of thiophene rings is 1. The maximum absolute atomic E-state index is 12.8. The molecule has 0 aliphatic carbocycles. The summed E-state index contributed by atoms with van der Waals surface area (Å²) in [7, 11) is 0. The molecule has 0 bridgehead atoms. The topological polar surface area (TPSA) is 133 Å². The number of nitrogens with zero attached hydrogens (tertiary/aromatic N) is 6. The van der Waals surface area contributed by atoms with E-state index in [2.05, 4.69) is 30.8 Å². The fraction of sp³-hybridized carbons (Fsp3) is 0.407. The Morgan fingerprint density at radius 2 is 1.92 bits per heavy atom. The fourth-order valence-corrected chi connectivity index (χ4v) is 5.90. The zero-order valence-electron chi connectivity index (χ0n) is 21.8. The monoisotopic (exact) mass is 535 g/mol. The summed E-state index contributed by atoms with van der Waals surface area (Å²) in [6.45, 7) is 8.47. The highest BCUT2D eigenvalue weighted by atomic mass is 32.1. The van der Waals surface area contributed by atoms with Gasteiger partial charge in [-0.3, -0.25) is 4.79 Å². The molecule has 1 amide bonds. The molecule has 4 aromatic rings. The fourth-order valence-electron chi connectivity index (χ4n) is 5.20. The zero-order valence-corrected chi connectivity index (χ0v) is 22.6. The normalized spacial score (nSPS) is 18.5. The molecule has 1 saturated heterocycles. The Labute approximate surface area is 225 Å². The van der Waals surface area contributed by atoms with E-state index >= 15 is 0 Å². The van der Waals surface area contributed by atoms with Gasteiger partial charge in [0, 0.05) is 36.5 Å². The summed E-state index contributed by atoms with van der Waals surface area (Å²) >= 11 is 1.60. The van der Waals surface area contributed by atoms with Crippen LogP contribution in [0.5, 0.6) is 0 Å². The van der Waals surface area contributed by atoms with Gasteiger partial charge in [-0.05, 0) is 50.0 Å². The minimum atomic E-state index is -0.905. The first-order chi connectivity index (χ1) is 18.3. The molecule has 0 radical (unpaired) electrons. The number of hydrogen-bond acceptors (Lipinski definition) is 9. The van der Waals surface area contributed by atoms with E-state index in [1.807, 2.05) is 34.7 Å². The van der Waals surface area contributed by atoms with Crippen molar-refractivity contribution in [2.24, 2.45) is 5.73 Å². The number of carbonyl (C=O) groups is 1. The van der Waals surface area contributed by atoms with Crippen LogP contribution in [0.25, 0.3) is 27.5 Å². The second kappa shape index (κ2) is 10.8. The Kier molecular flexibility index (Phi) is 7.44. The van der Waals surface area contributed by atoms with Gasteiger partial charge in [0.2, 0.25) is 5.91 Å². The highest BCUT2D eigenvalue weighted by Crippen LogP contribution is 2.33. The van der Waals surface area contributed by atoms with Crippen LogP contribution in [0.2, 0.25) is 0 Å². The molecule has 4 N–H and O–H groups in total. The summed E-state index contributed by atoms with van der Waals surface area (Å²) < 4.78 is 1.68. The molecule has 1 aliphatic heterocycles. The molecule has 3 atom stereocenters. The Morgan fingerprint density at radius 3 is 2.55 bits per heavy atom. The minimum absolute atomic E-state index is 0.124. The summed E-state index contributed by atoms with van der Waals surface area (Å²) in [4.78, 5) is 27.9. The van der Waals surface area contributed by atoms with Crippen LogP contribution in [0, 0.1) is 0 Å². The van der Waals surface area contributed by atoms with E-state index in [4.69, 9.17) is 15.7 Å². The smallest absolute Gasteiger partial charge is 0.249 e. The van der Waals surface area contributed by atoms with Crippen LogP contribution in [0.3, 0.4) is 0 Å². The van der Waals surface area contributed by atoms with E-state index in [-0.39, 0.29) is 19.1 Å². The van der Waals surface area contributed by atoms with Gasteiger partial charge in [-0.1, -0.05) is 19.9 Å². The van der Waals surface area contributed by atoms with Crippen LogP contribution in [-0.4, -0.2) is 85.0 Å². The number of hydrogen-bond donors (Lipinski definition) is 3. The van der Waals surface area contributed by atoms with Crippen LogP contribution in [-0.2, 0) is 6.42 Å². The summed E-state index contributed by atoms with van der Waals surface area (Å²) in [5, 5.41) is 27.1. The van der Waals surface area contributed by atoms with Crippen LogP contribution in [0.1, 0.15) is 36.7 Å². The van der Waals surface area contributed by atoms with Crippen molar-refractivity contribution >= 4 is 28.7 Å². The number of aromatic nitrogens is 4. The summed E-state index contributed by atoms with van der Waals surface area (Å²) in [5.74, 6) is -0.0136. The van der Waals surface area contributed by atoms with Crippen molar-refractivity contribution in [2.45, 2.75) is 45.4 Å². The van der Waals surface area contributed by atoms with Gasteiger partial charge in [0.1, 0.15) is 5.82 Å². The maximum Gasteiger partial charge on any atom is 0.249 e. The molecule has 11 heteroatoms. The summed E-state index contributed by atoms with van der Waals surface area (Å²) in [6, 6.07) is 7.74. The van der Waals surface area contributed by atoms with Crippen molar-refractivity contribution in [3.63, 3.8) is 0 Å². The third kappa shape index (κ3) is 4.90. The summed E-state index contributed by atoms with van der Waals surface area (Å²) in [5.41, 5.74) is 9.63. The lowest BCUT2D eigenvalue weighted by atomic mass is 9.98. The zero-order chi connectivity index (χ0) is 27.0. The Bertz CT molecular complexity index is 1420. The lowest BCUT2D eigenvalue weighted by Gasteiger charge is -2.29. The number of anilines is 1. The number of likely N-dealkylation sites (N-methyl/N-ethyl adjacent to an activating group) is 1. The predicted molar refractivity (Wildman–Crippen MR) is 148 cm³/mol. The number of nitrogens with two attached hydrogens (primary N) is 1. The van der Waals surface area contributed by atoms with Gasteiger partial charge in [-0.25, -0.2) is 14.5 Å². The molecule has 200 valence electrons. The largest absolute Gasteiger partial charge is 0.389 e. The Hall–Kier alpha value is -3.38. The van der Waals surface area contributed by atoms with Crippen LogP contribution < -0.4 is 10.6 Å². The molecule has 0 saturated carbocycles. The molecular formula is C27H33N7O3S. The molecule has 5 heterocycles. The molecule has 4 aromatic heterocycles. The molecule has 1 fully saturated rings. The van der Waals surface area contributed by atoms with Crippen LogP contribution in [0.4, 0.5) is 5.82 Å². The number of primary amides is 1. The maximum atomic E-state index is 12.8. The number of aliphatic hydroxyl groups is 2. The van der Waals surface area contributed by atoms with E-state index in [0.29, 0.717) is 40.3 Å². The van der Waals surface area contributed by atoms with Crippen molar-refractivity contribution in [3.05, 3.63) is 53.2 Å². The van der Waals surface area contributed by atoms with Crippen molar-refractivity contribution in [1.82, 2.24) is 24.5 Å². The van der Waals surface area contributed by atoms with Gasteiger partial charge in [0.05, 0.1) is 40.2 Å². The van der Waals surface area contributed by atoms with Crippen LogP contribution in [0.15, 0.2) is 42.0 Å². The SMILES string of the molecule is CCN(CC)[C@@H](C)Cc1c(C(N)=O)cc(-c2cnn3ccc(-c4cccs4)nc23)nc1N1C[C@H](O)[C@@H](O)C1. The van der Waals surface area contributed by atoms with E-state index in [1.54, 1.807) is 28.1 Å². The third-order valence-electron chi connectivity index (χ3n) is 7.28. The van der Waals surface area contributed by atoms with Crippen molar-refractivity contribution in [3.8, 4) is 21.8 Å². The van der Waals surface area contributed by atoms with Crippen LogP contribution >= 0.6 is 11.3 Å². The number of aliphatic hydroxyl groups excluding tert-OH is 2. The van der Waals surface area contributed by atoms with Gasteiger partial charge < -0.3 is 25.7 Å². The highest BCUT2D eigenvalue weighted by Gasteiger charge is 2.34. The van der Waals surface area contributed by atoms with Gasteiger partial charge in [0.15, 0.2) is 5.65 Å².